The fourth-order valence-corrected chi connectivity index (χ4v) is 5.51. The van der Waals surface area contributed by atoms with E-state index in [4.69, 9.17) is 11.6 Å². The number of sulfonamides is 1. The van der Waals surface area contributed by atoms with Crippen LogP contribution in [-0.4, -0.2) is 49.8 Å². The van der Waals surface area contributed by atoms with Crippen LogP contribution >= 0.6 is 11.6 Å². The molecule has 2 heterocycles. The molecule has 1 aromatic carbocycles. The van der Waals surface area contributed by atoms with Crippen LogP contribution in [0.4, 0.5) is 4.39 Å². The summed E-state index contributed by atoms with van der Waals surface area (Å²) in [7, 11) is -3.76. The van der Waals surface area contributed by atoms with Crippen LogP contribution in [-0.2, 0) is 14.8 Å². The lowest BCUT2D eigenvalue weighted by atomic mass is 9.96. The van der Waals surface area contributed by atoms with Crippen molar-refractivity contribution in [1.82, 2.24) is 14.7 Å². The first-order valence-electron chi connectivity index (χ1n) is 9.36. The molecule has 2 fully saturated rings. The number of piperidine rings is 2. The zero-order valence-electron chi connectivity index (χ0n) is 15.2. The molecule has 1 amide bonds. The minimum atomic E-state index is -3.76. The van der Waals surface area contributed by atoms with Crippen molar-refractivity contribution >= 4 is 27.5 Å². The van der Waals surface area contributed by atoms with E-state index in [1.165, 1.54) is 16.8 Å². The number of hydrazine groups is 1. The number of rotatable bonds is 5. The summed E-state index contributed by atoms with van der Waals surface area (Å²) in [6.07, 6.45) is 5.15. The Morgan fingerprint density at radius 1 is 1.19 bits per heavy atom. The van der Waals surface area contributed by atoms with Gasteiger partial charge in [-0.1, -0.05) is 18.0 Å². The van der Waals surface area contributed by atoms with Gasteiger partial charge in [-0.05, 0) is 49.8 Å². The summed E-state index contributed by atoms with van der Waals surface area (Å²) in [5.41, 5.74) is 2.93. The average Bonchev–Trinajstić information content (AvgIpc) is 2.65. The van der Waals surface area contributed by atoms with E-state index in [9.17, 15) is 17.6 Å². The summed E-state index contributed by atoms with van der Waals surface area (Å²) in [4.78, 5) is 12.3. The highest BCUT2D eigenvalue weighted by molar-refractivity contribution is 7.89. The van der Waals surface area contributed by atoms with Gasteiger partial charge in [-0.15, -0.1) is 0 Å². The van der Waals surface area contributed by atoms with Crippen LogP contribution < -0.4 is 5.43 Å². The van der Waals surface area contributed by atoms with Gasteiger partial charge in [-0.3, -0.25) is 10.2 Å². The molecule has 1 unspecified atom stereocenters. The van der Waals surface area contributed by atoms with Crippen molar-refractivity contribution in [3.05, 3.63) is 29.0 Å². The predicted molar refractivity (Wildman–Crippen MR) is 101 cm³/mol. The molecule has 2 saturated heterocycles. The Morgan fingerprint density at radius 3 is 2.63 bits per heavy atom. The molecule has 1 N–H and O–H groups in total. The highest BCUT2D eigenvalue weighted by Crippen LogP contribution is 2.27. The molecule has 150 valence electrons. The summed E-state index contributed by atoms with van der Waals surface area (Å²) < 4.78 is 40.4. The Morgan fingerprint density at radius 2 is 1.93 bits per heavy atom. The fraction of sp³-hybridized carbons (Fsp3) is 0.611. The molecule has 6 nitrogen and oxygen atoms in total. The van der Waals surface area contributed by atoms with Crippen LogP contribution in [0.5, 0.6) is 0 Å². The summed E-state index contributed by atoms with van der Waals surface area (Å²) in [6.45, 7) is 2.40. The maximum Gasteiger partial charge on any atom is 0.243 e. The van der Waals surface area contributed by atoms with Crippen LogP contribution in [0.2, 0.25) is 5.02 Å². The van der Waals surface area contributed by atoms with Crippen molar-refractivity contribution in [2.75, 3.05) is 26.2 Å². The third kappa shape index (κ3) is 5.19. The molecule has 2 aliphatic rings. The van der Waals surface area contributed by atoms with Crippen LogP contribution in [0.3, 0.4) is 0 Å². The number of carbonyl (C=O) groups excluding carboxylic acids is 1. The average molecular weight is 418 g/mol. The number of benzene rings is 1. The fourth-order valence-electron chi connectivity index (χ4n) is 3.69. The number of hydrogen-bond acceptors (Lipinski definition) is 4. The van der Waals surface area contributed by atoms with Crippen LogP contribution in [0, 0.1) is 11.7 Å². The minimum Gasteiger partial charge on any atom is -0.289 e. The minimum absolute atomic E-state index is 0.0210. The third-order valence-electron chi connectivity index (χ3n) is 5.12. The molecule has 0 saturated carbocycles. The van der Waals surface area contributed by atoms with Crippen molar-refractivity contribution < 1.29 is 17.6 Å². The number of hydrogen-bond donors (Lipinski definition) is 1. The zero-order valence-corrected chi connectivity index (χ0v) is 16.7. The van der Waals surface area contributed by atoms with Crippen LogP contribution in [0.15, 0.2) is 23.1 Å². The molecule has 1 aromatic rings. The van der Waals surface area contributed by atoms with E-state index in [1.54, 1.807) is 0 Å². The van der Waals surface area contributed by atoms with Gasteiger partial charge in [0.05, 0.1) is 9.92 Å². The van der Waals surface area contributed by atoms with Gasteiger partial charge in [0.25, 0.3) is 0 Å². The molecule has 0 spiro atoms. The summed E-state index contributed by atoms with van der Waals surface area (Å²) >= 11 is 5.73. The summed E-state index contributed by atoms with van der Waals surface area (Å²) in [6, 6.07) is 3.42. The smallest absolute Gasteiger partial charge is 0.243 e. The van der Waals surface area contributed by atoms with Gasteiger partial charge in [-0.2, -0.15) is 4.31 Å². The monoisotopic (exact) mass is 417 g/mol. The van der Waals surface area contributed by atoms with E-state index in [0.29, 0.717) is 19.4 Å². The molecular formula is C18H25ClFN3O3S. The SMILES string of the molecule is O=C(CC1CCCN(S(=O)(=O)c2ccc(F)c(Cl)c2)C1)NN1CCCCC1. The second-order valence-electron chi connectivity index (χ2n) is 7.23. The van der Waals surface area contributed by atoms with Crippen LogP contribution in [0.25, 0.3) is 0 Å². The van der Waals surface area contributed by atoms with Gasteiger partial charge in [0.1, 0.15) is 5.82 Å². The summed E-state index contributed by atoms with van der Waals surface area (Å²) in [5.74, 6) is -0.748. The zero-order chi connectivity index (χ0) is 19.4. The van der Waals surface area contributed by atoms with Crippen molar-refractivity contribution in [3.8, 4) is 0 Å². The van der Waals surface area contributed by atoms with E-state index < -0.39 is 15.8 Å². The molecule has 3 rings (SSSR count). The molecule has 27 heavy (non-hydrogen) atoms. The highest BCUT2D eigenvalue weighted by atomic mass is 35.5. The first kappa shape index (κ1) is 20.5. The van der Waals surface area contributed by atoms with Crippen molar-refractivity contribution in [2.45, 2.75) is 43.4 Å². The van der Waals surface area contributed by atoms with E-state index in [1.807, 2.05) is 5.01 Å². The molecule has 0 aromatic heterocycles. The molecule has 9 heteroatoms. The second kappa shape index (κ2) is 8.86. The number of nitrogens with one attached hydrogen (secondary N) is 1. The lowest BCUT2D eigenvalue weighted by molar-refractivity contribution is -0.127. The number of nitrogens with zero attached hydrogens (tertiary/aromatic N) is 2. The number of carbonyl (C=O) groups is 1. The molecule has 2 aliphatic heterocycles. The van der Waals surface area contributed by atoms with E-state index >= 15 is 0 Å². The van der Waals surface area contributed by atoms with Gasteiger partial charge < -0.3 is 0 Å². The van der Waals surface area contributed by atoms with E-state index in [0.717, 1.165) is 44.5 Å². The van der Waals surface area contributed by atoms with Crippen molar-refractivity contribution in [3.63, 3.8) is 0 Å². The maximum atomic E-state index is 13.3. The Kier molecular flexibility index (Phi) is 6.73. The molecule has 0 aliphatic carbocycles. The Bertz CT molecular complexity index is 784. The van der Waals surface area contributed by atoms with Gasteiger partial charge in [0.15, 0.2) is 0 Å². The highest BCUT2D eigenvalue weighted by Gasteiger charge is 2.31. The van der Waals surface area contributed by atoms with Gasteiger partial charge in [0, 0.05) is 32.6 Å². The summed E-state index contributed by atoms with van der Waals surface area (Å²) in [5, 5.41) is 1.73. The third-order valence-corrected chi connectivity index (χ3v) is 7.27. The van der Waals surface area contributed by atoms with Gasteiger partial charge in [-0.25, -0.2) is 17.8 Å². The lowest BCUT2D eigenvalue weighted by Gasteiger charge is -2.32. The Balaban J connectivity index is 1.61. The number of halogens is 2. The molecule has 0 radical (unpaired) electrons. The van der Waals surface area contributed by atoms with E-state index in [2.05, 4.69) is 5.43 Å². The van der Waals surface area contributed by atoms with Crippen LogP contribution in [0.1, 0.15) is 38.5 Å². The Labute approximate surface area is 164 Å². The van der Waals surface area contributed by atoms with Crippen molar-refractivity contribution in [2.24, 2.45) is 5.92 Å². The predicted octanol–water partition coefficient (Wildman–Crippen LogP) is 2.79. The molecular weight excluding hydrogens is 393 g/mol. The standard InChI is InChI=1S/C18H25ClFN3O3S/c19-16-12-15(6-7-17(16)20)27(25,26)23-10-4-5-14(13-23)11-18(24)21-22-8-2-1-3-9-22/h6-7,12,14H,1-5,8-11,13H2,(H,21,24). The van der Waals surface area contributed by atoms with Gasteiger partial charge in [0.2, 0.25) is 15.9 Å². The first-order chi connectivity index (χ1) is 12.9. The largest absolute Gasteiger partial charge is 0.289 e. The Hall–Kier alpha value is -1.22. The van der Waals surface area contributed by atoms with Gasteiger partial charge >= 0.3 is 0 Å². The maximum absolute atomic E-state index is 13.3. The topological polar surface area (TPSA) is 69.7 Å². The quantitative estimate of drug-likeness (QED) is 0.799. The lowest BCUT2D eigenvalue weighted by Crippen LogP contribution is -2.47. The molecule has 0 bridgehead atoms. The van der Waals surface area contributed by atoms with E-state index in [-0.39, 0.29) is 28.3 Å². The van der Waals surface area contributed by atoms with Crippen molar-refractivity contribution in [1.29, 1.82) is 0 Å². The second-order valence-corrected chi connectivity index (χ2v) is 9.58. The first-order valence-corrected chi connectivity index (χ1v) is 11.2. The normalized spacial score (nSPS) is 22.5. The number of amides is 1. The molecule has 1 atom stereocenters.